The first-order valence-corrected chi connectivity index (χ1v) is 12.6. The molecule has 3 bridgehead atoms. The lowest BCUT2D eigenvalue weighted by Crippen LogP contribution is -2.38. The van der Waals surface area contributed by atoms with Gasteiger partial charge in [0, 0.05) is 16.8 Å². The summed E-state index contributed by atoms with van der Waals surface area (Å²) in [7, 11) is 0. The van der Waals surface area contributed by atoms with Gasteiger partial charge in [0.2, 0.25) is 0 Å². The fraction of sp³-hybridized carbons (Fsp3) is 0.419. The Morgan fingerprint density at radius 2 is 1.56 bits per heavy atom. The van der Waals surface area contributed by atoms with Crippen molar-refractivity contribution < 1.29 is 0 Å². The third-order valence-electron chi connectivity index (χ3n) is 10.6. The first-order chi connectivity index (χ1) is 15.5. The van der Waals surface area contributed by atoms with Gasteiger partial charge in [-0.1, -0.05) is 56.3 Å². The quantitative estimate of drug-likeness (QED) is 0.458. The zero-order chi connectivity index (χ0) is 21.3. The predicted octanol–water partition coefficient (Wildman–Crippen LogP) is 7.81. The van der Waals surface area contributed by atoms with Crippen molar-refractivity contribution in [3.8, 4) is 11.1 Å². The van der Waals surface area contributed by atoms with Gasteiger partial charge >= 0.3 is 0 Å². The zero-order valence-electron chi connectivity index (χ0n) is 19.1. The van der Waals surface area contributed by atoms with Crippen LogP contribution in [0.4, 0.5) is 11.4 Å². The molecule has 9 rings (SSSR count). The molecular weight excluding hydrogens is 386 g/mol. The number of anilines is 2. The smallest absolute Gasteiger partial charge is 0.0387 e. The Bertz CT molecular complexity index is 1270. The van der Waals surface area contributed by atoms with E-state index in [2.05, 4.69) is 85.9 Å². The molecule has 5 saturated carbocycles. The average Bonchev–Trinajstić information content (AvgIpc) is 3.49. The van der Waals surface area contributed by atoms with E-state index in [4.69, 9.17) is 0 Å². The Balaban J connectivity index is 1.08. The summed E-state index contributed by atoms with van der Waals surface area (Å²) in [5.74, 6) is 3.20. The van der Waals surface area contributed by atoms with Crippen molar-refractivity contribution >= 4 is 11.4 Å². The molecule has 5 atom stereocenters. The highest BCUT2D eigenvalue weighted by atomic mass is 14.9. The van der Waals surface area contributed by atoms with Crippen molar-refractivity contribution in [2.75, 3.05) is 5.32 Å². The Kier molecular flexibility index (Phi) is 3.09. The highest BCUT2D eigenvalue weighted by molar-refractivity contribution is 5.82. The molecule has 0 aromatic heterocycles. The Morgan fingerprint density at radius 3 is 2.38 bits per heavy atom. The van der Waals surface area contributed by atoms with Crippen LogP contribution < -0.4 is 5.32 Å². The largest absolute Gasteiger partial charge is 0.356 e. The Morgan fingerprint density at radius 1 is 0.781 bits per heavy atom. The van der Waals surface area contributed by atoms with Crippen LogP contribution in [-0.2, 0) is 10.8 Å². The fourth-order valence-corrected chi connectivity index (χ4v) is 9.36. The van der Waals surface area contributed by atoms with Gasteiger partial charge in [0.15, 0.2) is 0 Å². The van der Waals surface area contributed by atoms with Gasteiger partial charge in [-0.15, -0.1) is 0 Å². The van der Waals surface area contributed by atoms with Crippen LogP contribution >= 0.6 is 0 Å². The van der Waals surface area contributed by atoms with Gasteiger partial charge in [-0.2, -0.15) is 0 Å². The van der Waals surface area contributed by atoms with Gasteiger partial charge in [0.05, 0.1) is 0 Å². The molecule has 5 fully saturated rings. The number of nitrogens with one attached hydrogen (secondary N) is 1. The van der Waals surface area contributed by atoms with Gasteiger partial charge < -0.3 is 5.32 Å². The predicted molar refractivity (Wildman–Crippen MR) is 131 cm³/mol. The molecule has 0 saturated heterocycles. The van der Waals surface area contributed by atoms with E-state index in [1.807, 2.05) is 0 Å². The van der Waals surface area contributed by atoms with E-state index < -0.39 is 0 Å². The van der Waals surface area contributed by atoms with Crippen LogP contribution in [0.25, 0.3) is 11.1 Å². The number of benzene rings is 3. The molecule has 3 unspecified atom stereocenters. The molecule has 1 heteroatoms. The second-order valence-electron chi connectivity index (χ2n) is 12.2. The molecule has 3 aromatic rings. The Labute approximate surface area is 191 Å². The van der Waals surface area contributed by atoms with Crippen LogP contribution in [0, 0.1) is 23.2 Å². The maximum atomic E-state index is 3.70. The minimum absolute atomic E-state index is 0.0492. The summed E-state index contributed by atoms with van der Waals surface area (Å²) in [6, 6.07) is 25.3. The molecule has 6 aliphatic rings. The van der Waals surface area contributed by atoms with E-state index in [0.717, 1.165) is 23.2 Å². The summed E-state index contributed by atoms with van der Waals surface area (Å²) >= 11 is 0. The minimum atomic E-state index is 0.0492. The molecule has 3 aromatic carbocycles. The molecule has 32 heavy (non-hydrogen) atoms. The lowest BCUT2D eigenvalue weighted by atomic mass is 9.59. The lowest BCUT2D eigenvalue weighted by Gasteiger charge is -2.45. The second kappa shape index (κ2) is 5.50. The lowest BCUT2D eigenvalue weighted by molar-refractivity contribution is 0.0381. The molecule has 6 aliphatic carbocycles. The van der Waals surface area contributed by atoms with Crippen molar-refractivity contribution in [3.05, 3.63) is 83.4 Å². The highest BCUT2D eigenvalue weighted by Crippen LogP contribution is 2.83. The van der Waals surface area contributed by atoms with Gasteiger partial charge in [-0.3, -0.25) is 0 Å². The molecule has 1 N–H and O–H groups in total. The molecule has 0 amide bonds. The van der Waals surface area contributed by atoms with Crippen LogP contribution in [0.15, 0.2) is 66.7 Å². The van der Waals surface area contributed by atoms with Crippen molar-refractivity contribution in [1.82, 2.24) is 0 Å². The molecular formula is C31H31N. The van der Waals surface area contributed by atoms with E-state index >= 15 is 0 Å². The van der Waals surface area contributed by atoms with Crippen molar-refractivity contribution in [2.24, 2.45) is 23.2 Å². The number of rotatable bonds is 3. The van der Waals surface area contributed by atoms with E-state index in [1.54, 1.807) is 18.4 Å². The summed E-state index contributed by atoms with van der Waals surface area (Å²) in [6.07, 6.45) is 7.53. The van der Waals surface area contributed by atoms with Gasteiger partial charge in [0.25, 0.3) is 0 Å². The summed E-state index contributed by atoms with van der Waals surface area (Å²) in [5.41, 5.74) is 11.0. The molecule has 1 spiro atoms. The van der Waals surface area contributed by atoms with Crippen LogP contribution in [0.2, 0.25) is 0 Å². The van der Waals surface area contributed by atoms with Gasteiger partial charge in [-0.25, -0.2) is 0 Å². The molecule has 1 nitrogen and oxygen atoms in total. The van der Waals surface area contributed by atoms with E-state index in [0.29, 0.717) is 5.41 Å². The zero-order valence-corrected chi connectivity index (χ0v) is 19.1. The maximum absolute atomic E-state index is 3.70. The highest BCUT2D eigenvalue weighted by Gasteiger charge is 2.76. The van der Waals surface area contributed by atoms with Gasteiger partial charge in [-0.05, 0) is 113 Å². The average molecular weight is 418 g/mol. The molecule has 0 radical (unpaired) electrons. The SMILES string of the molecule is CC1(C)c2ccccc2-c2ccc(Nc3ccc(C45C[C@@H]6CC7CC6(C4)[C@@H]7C5)cc3)cc21. The van der Waals surface area contributed by atoms with Crippen molar-refractivity contribution in [2.45, 2.75) is 56.8 Å². The normalized spacial score (nSPS) is 36.0. The fourth-order valence-electron chi connectivity index (χ4n) is 9.36. The summed E-state index contributed by atoms with van der Waals surface area (Å²) < 4.78 is 0. The molecule has 0 heterocycles. The van der Waals surface area contributed by atoms with E-state index in [-0.39, 0.29) is 5.41 Å². The van der Waals surface area contributed by atoms with Crippen LogP contribution in [0.1, 0.15) is 62.6 Å². The standard InChI is InChI=1S/C31H31N/c1-29(2)26-6-4-3-5-24(26)25-12-11-23(14-27(25)29)32-22-9-7-20(8-10-22)30-16-21-13-19-15-31(21,18-30)28(19)17-30/h3-12,14,19,21,28,32H,13,15-18H2,1-2H3/t19?,21-,28+,30?,31?/m0/s1. The van der Waals surface area contributed by atoms with E-state index in [9.17, 15) is 0 Å². The first kappa shape index (κ1) is 18.0. The van der Waals surface area contributed by atoms with Crippen LogP contribution in [0.5, 0.6) is 0 Å². The summed E-state index contributed by atoms with van der Waals surface area (Å²) in [4.78, 5) is 0. The Hall–Kier alpha value is -2.54. The number of hydrogen-bond acceptors (Lipinski definition) is 1. The van der Waals surface area contributed by atoms with Crippen LogP contribution in [-0.4, -0.2) is 0 Å². The molecule has 160 valence electrons. The third-order valence-corrected chi connectivity index (χ3v) is 10.6. The van der Waals surface area contributed by atoms with Crippen molar-refractivity contribution in [3.63, 3.8) is 0 Å². The summed E-state index contributed by atoms with van der Waals surface area (Å²) in [5, 5.41) is 3.70. The minimum Gasteiger partial charge on any atom is -0.356 e. The third kappa shape index (κ3) is 1.98. The number of hydrogen-bond donors (Lipinski definition) is 1. The monoisotopic (exact) mass is 417 g/mol. The van der Waals surface area contributed by atoms with Gasteiger partial charge in [0.1, 0.15) is 0 Å². The maximum Gasteiger partial charge on any atom is 0.0387 e. The van der Waals surface area contributed by atoms with Crippen molar-refractivity contribution in [1.29, 1.82) is 0 Å². The van der Waals surface area contributed by atoms with E-state index in [1.165, 1.54) is 52.9 Å². The molecule has 0 aliphatic heterocycles. The topological polar surface area (TPSA) is 12.0 Å². The first-order valence-electron chi connectivity index (χ1n) is 12.6. The number of fused-ring (bicyclic) bond motifs is 4. The summed E-state index contributed by atoms with van der Waals surface area (Å²) in [6.45, 7) is 4.70. The second-order valence-corrected chi connectivity index (χ2v) is 12.2. The van der Waals surface area contributed by atoms with Crippen LogP contribution in [0.3, 0.4) is 0 Å².